The number of aromatic nitrogens is 2. The van der Waals surface area contributed by atoms with Gasteiger partial charge in [-0.2, -0.15) is 9.37 Å². The van der Waals surface area contributed by atoms with Crippen LogP contribution in [0.1, 0.15) is 18.5 Å². The minimum atomic E-state index is -2.14. The fraction of sp³-hybridized carbons (Fsp3) is 0.667. The molecule has 0 aliphatic carbocycles. The van der Waals surface area contributed by atoms with E-state index in [4.69, 9.17) is 16.0 Å². The van der Waals surface area contributed by atoms with Crippen molar-refractivity contribution in [2.45, 2.75) is 47.1 Å². The maximum atomic E-state index is 14.7. The molecule has 2 aliphatic rings. The third-order valence-corrected chi connectivity index (χ3v) is 5.55. The smallest absolute Gasteiger partial charge is 0.310 e. The number of azide groups is 1. The molecule has 0 saturated carbocycles. The lowest BCUT2D eigenvalue weighted by Crippen LogP contribution is -2.43. The van der Waals surface area contributed by atoms with E-state index < -0.39 is 42.7 Å². The maximum Gasteiger partial charge on any atom is 0.310 e. The molecule has 1 saturated heterocycles. The Bertz CT molecular complexity index is 720. The van der Waals surface area contributed by atoms with Gasteiger partial charge in [0.25, 0.3) is 0 Å². The lowest BCUT2D eigenvalue weighted by molar-refractivity contribution is -0.111. The molecule has 130 valence electrons. The predicted octanol–water partition coefficient (Wildman–Crippen LogP) is 0.872. The summed E-state index contributed by atoms with van der Waals surface area (Å²) in [5, 5.41) is 22.4. The topological polar surface area (TPSA) is 150 Å². The van der Waals surface area contributed by atoms with E-state index in [1.807, 2.05) is 0 Å². The number of ether oxygens (including phenoxy) is 1. The van der Waals surface area contributed by atoms with Crippen LogP contribution in [0.4, 0.5) is 14.6 Å². The lowest BCUT2D eigenvalue weighted by Gasteiger charge is -2.26. The third-order valence-electron chi connectivity index (χ3n) is 4.23. The first-order valence-corrected chi connectivity index (χ1v) is 7.89. The molecule has 0 radical (unpaired) electrons. The SMILES string of the molecule is CC1Sc2c(N)nc(F)nc2C1[C@@H]1OC(CO)(N=[N+]=[N-])[C@@H](O)[C@H]1F. The van der Waals surface area contributed by atoms with Gasteiger partial charge in [0.15, 0.2) is 11.9 Å². The number of nitrogens with two attached hydrogens (primary N) is 1. The zero-order valence-corrected chi connectivity index (χ0v) is 13.2. The summed E-state index contributed by atoms with van der Waals surface area (Å²) in [4.78, 5) is 10.1. The Morgan fingerprint density at radius 2 is 2.25 bits per heavy atom. The molecule has 0 aromatic carbocycles. The van der Waals surface area contributed by atoms with Gasteiger partial charge in [0.2, 0.25) is 0 Å². The van der Waals surface area contributed by atoms with Gasteiger partial charge in [-0.25, -0.2) is 9.37 Å². The summed E-state index contributed by atoms with van der Waals surface area (Å²) in [6.45, 7) is 0.833. The first-order chi connectivity index (χ1) is 11.3. The van der Waals surface area contributed by atoms with E-state index >= 15 is 0 Å². The van der Waals surface area contributed by atoms with Crippen LogP contribution in [0.25, 0.3) is 10.4 Å². The number of thioether (sulfide) groups is 1. The van der Waals surface area contributed by atoms with Crippen molar-refractivity contribution < 1.29 is 23.7 Å². The van der Waals surface area contributed by atoms with Gasteiger partial charge in [0.1, 0.15) is 18.0 Å². The third kappa shape index (κ3) is 2.38. The molecule has 3 rings (SSSR count). The van der Waals surface area contributed by atoms with Crippen molar-refractivity contribution in [3.63, 3.8) is 0 Å². The molecule has 0 amide bonds. The first-order valence-electron chi connectivity index (χ1n) is 7.01. The number of aliphatic hydroxyl groups is 2. The molecular formula is C12H14F2N6O3S. The summed E-state index contributed by atoms with van der Waals surface area (Å²) in [7, 11) is 0. The molecule has 1 aromatic rings. The van der Waals surface area contributed by atoms with Gasteiger partial charge in [-0.3, -0.25) is 0 Å². The fourth-order valence-corrected chi connectivity index (χ4v) is 4.37. The van der Waals surface area contributed by atoms with Crippen molar-refractivity contribution >= 4 is 17.6 Å². The molecule has 6 atom stereocenters. The van der Waals surface area contributed by atoms with Gasteiger partial charge in [-0.1, -0.05) is 12.0 Å². The van der Waals surface area contributed by atoms with E-state index in [1.54, 1.807) is 6.92 Å². The Labute approximate surface area is 138 Å². The highest BCUT2D eigenvalue weighted by molar-refractivity contribution is 8.00. The number of rotatable bonds is 3. The van der Waals surface area contributed by atoms with Gasteiger partial charge in [-0.05, 0) is 5.53 Å². The quantitative estimate of drug-likeness (QED) is 0.313. The summed E-state index contributed by atoms with van der Waals surface area (Å²) >= 11 is 1.23. The van der Waals surface area contributed by atoms with Crippen LogP contribution >= 0.6 is 11.8 Å². The highest BCUT2D eigenvalue weighted by Crippen LogP contribution is 2.52. The molecule has 3 unspecified atom stereocenters. The Hall–Kier alpha value is -1.72. The van der Waals surface area contributed by atoms with E-state index in [-0.39, 0.29) is 16.8 Å². The molecule has 1 fully saturated rings. The summed E-state index contributed by atoms with van der Waals surface area (Å²) < 4.78 is 33.6. The van der Waals surface area contributed by atoms with Gasteiger partial charge in [0.05, 0.1) is 17.2 Å². The minimum absolute atomic E-state index is 0.0609. The number of alkyl halides is 1. The Morgan fingerprint density at radius 3 is 2.88 bits per heavy atom. The van der Waals surface area contributed by atoms with E-state index in [2.05, 4.69) is 20.0 Å². The fourth-order valence-electron chi connectivity index (χ4n) is 3.10. The molecule has 9 nitrogen and oxygen atoms in total. The largest absolute Gasteiger partial charge is 0.393 e. The van der Waals surface area contributed by atoms with E-state index in [0.29, 0.717) is 4.90 Å². The highest BCUT2D eigenvalue weighted by atomic mass is 32.2. The normalized spacial score (nSPS) is 38.0. The average molecular weight is 360 g/mol. The van der Waals surface area contributed by atoms with Crippen LogP contribution in [0.5, 0.6) is 0 Å². The van der Waals surface area contributed by atoms with Crippen molar-refractivity contribution in [2.75, 3.05) is 12.3 Å². The number of halogens is 2. The molecule has 2 aliphatic heterocycles. The standard InChI is InChI=1S/C12H14F2N6O3S/c1-3-4(6-8(24-3)10(15)18-11(14)17-6)7-5(13)9(22)12(2-21,23-7)19-20-16/h3-5,7,9,21-22H,2H2,1H3,(H2,15,17,18)/t3?,4?,5-,7-,9-,12?/m0/s1. The van der Waals surface area contributed by atoms with Crippen molar-refractivity contribution in [3.8, 4) is 0 Å². The molecule has 1 aromatic heterocycles. The van der Waals surface area contributed by atoms with Crippen LogP contribution in [-0.2, 0) is 4.74 Å². The highest BCUT2D eigenvalue weighted by Gasteiger charge is 2.59. The zero-order valence-electron chi connectivity index (χ0n) is 12.4. The number of hydrogen-bond donors (Lipinski definition) is 3. The number of aliphatic hydroxyl groups excluding tert-OH is 2. The summed E-state index contributed by atoms with van der Waals surface area (Å²) in [5.74, 6) is -0.828. The predicted molar refractivity (Wildman–Crippen MR) is 79.2 cm³/mol. The van der Waals surface area contributed by atoms with Gasteiger partial charge in [-0.15, -0.1) is 11.8 Å². The average Bonchev–Trinajstić information content (AvgIpc) is 2.97. The van der Waals surface area contributed by atoms with Gasteiger partial charge >= 0.3 is 6.08 Å². The van der Waals surface area contributed by atoms with Crippen LogP contribution in [-0.4, -0.2) is 56.1 Å². The maximum absolute atomic E-state index is 14.7. The van der Waals surface area contributed by atoms with E-state index in [9.17, 15) is 19.0 Å². The van der Waals surface area contributed by atoms with Crippen LogP contribution < -0.4 is 5.73 Å². The van der Waals surface area contributed by atoms with Crippen molar-refractivity contribution in [1.82, 2.24) is 9.97 Å². The number of nitrogen functional groups attached to an aromatic ring is 1. The van der Waals surface area contributed by atoms with E-state index in [0.717, 1.165) is 0 Å². The molecule has 4 N–H and O–H groups in total. The first kappa shape index (κ1) is 17.1. The number of anilines is 1. The second-order valence-corrected chi connectivity index (χ2v) is 6.99. The Morgan fingerprint density at radius 1 is 1.54 bits per heavy atom. The van der Waals surface area contributed by atoms with Gasteiger partial charge < -0.3 is 20.7 Å². The lowest BCUT2D eigenvalue weighted by atomic mass is 9.91. The Balaban J connectivity index is 2.03. The van der Waals surface area contributed by atoms with Crippen LogP contribution in [0, 0.1) is 6.08 Å². The van der Waals surface area contributed by atoms with E-state index in [1.165, 1.54) is 11.8 Å². The number of nitrogens with zero attached hydrogens (tertiary/aromatic N) is 5. The molecule has 12 heteroatoms. The minimum Gasteiger partial charge on any atom is -0.393 e. The van der Waals surface area contributed by atoms with Crippen molar-refractivity contribution in [3.05, 3.63) is 22.2 Å². The monoisotopic (exact) mass is 360 g/mol. The summed E-state index contributed by atoms with van der Waals surface area (Å²) in [5.41, 5.74) is 12.3. The van der Waals surface area contributed by atoms with Crippen molar-refractivity contribution in [2.24, 2.45) is 5.11 Å². The summed E-state index contributed by atoms with van der Waals surface area (Å²) in [6.07, 6.45) is -6.19. The molecule has 0 bridgehead atoms. The molecule has 0 spiro atoms. The number of fused-ring (bicyclic) bond motifs is 1. The molecule has 3 heterocycles. The number of hydrogen-bond acceptors (Lipinski definition) is 8. The molecule has 24 heavy (non-hydrogen) atoms. The molecular weight excluding hydrogens is 346 g/mol. The van der Waals surface area contributed by atoms with Gasteiger partial charge in [0, 0.05) is 16.1 Å². The second kappa shape index (κ2) is 5.97. The Kier molecular flexibility index (Phi) is 4.26. The second-order valence-electron chi connectivity index (χ2n) is 5.61. The van der Waals surface area contributed by atoms with Crippen LogP contribution in [0.3, 0.4) is 0 Å². The van der Waals surface area contributed by atoms with Crippen LogP contribution in [0.2, 0.25) is 0 Å². The zero-order chi connectivity index (χ0) is 17.6. The van der Waals surface area contributed by atoms with Crippen molar-refractivity contribution in [1.29, 1.82) is 0 Å². The summed E-state index contributed by atoms with van der Waals surface area (Å²) in [6, 6.07) is 0. The van der Waals surface area contributed by atoms with Crippen LogP contribution in [0.15, 0.2) is 10.0 Å².